The number of carbonyl (C=O) groups is 1. The lowest BCUT2D eigenvalue weighted by molar-refractivity contribution is -0.128. The Balaban J connectivity index is 2.15. The lowest BCUT2D eigenvalue weighted by Crippen LogP contribution is -2.06. The summed E-state index contributed by atoms with van der Waals surface area (Å²) in [4.78, 5) is 9.83. The average molecular weight is 127 g/mol. The fourth-order valence-corrected chi connectivity index (χ4v) is 1.13. The van der Waals surface area contributed by atoms with E-state index >= 15 is 0 Å². The molecule has 1 fully saturated rings. The molecule has 0 bridgehead atoms. The molecule has 0 saturated heterocycles. The molecule has 0 unspecified atom stereocenters. The van der Waals surface area contributed by atoms with E-state index in [0.717, 1.165) is 18.9 Å². The third-order valence-electron chi connectivity index (χ3n) is 1.63. The number of hydrogen-bond acceptors (Lipinski definition) is 2. The quantitative estimate of drug-likeness (QED) is 0.527. The molecule has 1 rings (SSSR count). The highest BCUT2D eigenvalue weighted by atomic mass is 16.5. The summed E-state index contributed by atoms with van der Waals surface area (Å²) >= 11 is 0. The van der Waals surface area contributed by atoms with Gasteiger partial charge in [-0.05, 0) is 25.7 Å². The van der Waals surface area contributed by atoms with Crippen molar-refractivity contribution in [2.45, 2.75) is 32.1 Å². The van der Waals surface area contributed by atoms with Gasteiger partial charge in [-0.3, -0.25) is 4.79 Å². The van der Waals surface area contributed by atoms with Gasteiger partial charge in [-0.1, -0.05) is 6.42 Å². The maximum absolute atomic E-state index is 9.83. The van der Waals surface area contributed by atoms with Gasteiger partial charge in [-0.2, -0.15) is 0 Å². The van der Waals surface area contributed by atoms with Crippen LogP contribution in [0.5, 0.6) is 0 Å². The second-order valence-electron chi connectivity index (χ2n) is 2.31. The minimum atomic E-state index is 0.528. The summed E-state index contributed by atoms with van der Waals surface area (Å²) < 4.78 is 4.72. The van der Waals surface area contributed by atoms with Crippen LogP contribution in [-0.4, -0.2) is 6.47 Å². The molecule has 0 heterocycles. The highest BCUT2D eigenvalue weighted by Crippen LogP contribution is 2.25. The number of rotatable bonds is 2. The first-order valence-corrected chi connectivity index (χ1v) is 3.38. The van der Waals surface area contributed by atoms with E-state index in [9.17, 15) is 4.79 Å². The van der Waals surface area contributed by atoms with Crippen LogP contribution in [0, 0.1) is 6.10 Å². The largest absolute Gasteiger partial charge is 0.457 e. The molecule has 0 aromatic rings. The molecular formula is C7H11O2. The summed E-state index contributed by atoms with van der Waals surface area (Å²) in [5.74, 6) is 0. The SMILES string of the molecule is O=CO[C]1CCCCC1. The molecule has 1 radical (unpaired) electrons. The molecule has 9 heavy (non-hydrogen) atoms. The molecule has 1 saturated carbocycles. The Hall–Kier alpha value is -0.530. The zero-order valence-corrected chi connectivity index (χ0v) is 5.43. The van der Waals surface area contributed by atoms with Gasteiger partial charge >= 0.3 is 0 Å². The van der Waals surface area contributed by atoms with E-state index in [1.54, 1.807) is 0 Å². The van der Waals surface area contributed by atoms with Gasteiger partial charge in [0.05, 0.1) is 0 Å². The highest BCUT2D eigenvalue weighted by molar-refractivity contribution is 5.38. The van der Waals surface area contributed by atoms with Crippen molar-refractivity contribution in [1.29, 1.82) is 0 Å². The van der Waals surface area contributed by atoms with Gasteiger partial charge < -0.3 is 4.74 Å². The summed E-state index contributed by atoms with van der Waals surface area (Å²) in [7, 11) is 0. The molecule has 51 valence electrons. The summed E-state index contributed by atoms with van der Waals surface area (Å²) in [6, 6.07) is 0. The zero-order valence-electron chi connectivity index (χ0n) is 5.43. The van der Waals surface area contributed by atoms with E-state index in [1.165, 1.54) is 19.3 Å². The van der Waals surface area contributed by atoms with Crippen molar-refractivity contribution in [2.75, 3.05) is 0 Å². The highest BCUT2D eigenvalue weighted by Gasteiger charge is 2.14. The Labute approximate surface area is 55.2 Å². The molecule has 2 heteroatoms. The van der Waals surface area contributed by atoms with E-state index in [2.05, 4.69) is 0 Å². The third-order valence-corrected chi connectivity index (χ3v) is 1.63. The van der Waals surface area contributed by atoms with Crippen LogP contribution in [-0.2, 0) is 9.53 Å². The Morgan fingerprint density at radius 3 is 2.44 bits per heavy atom. The second-order valence-corrected chi connectivity index (χ2v) is 2.31. The molecule has 1 aliphatic rings. The van der Waals surface area contributed by atoms with Gasteiger partial charge in [0.15, 0.2) is 6.10 Å². The first kappa shape index (κ1) is 6.59. The van der Waals surface area contributed by atoms with Crippen molar-refractivity contribution in [3.63, 3.8) is 0 Å². The predicted molar refractivity (Wildman–Crippen MR) is 33.5 cm³/mol. The van der Waals surface area contributed by atoms with Crippen molar-refractivity contribution >= 4 is 6.47 Å². The average Bonchev–Trinajstić information content (AvgIpc) is 1.91. The Morgan fingerprint density at radius 2 is 1.89 bits per heavy atom. The molecule has 0 aromatic carbocycles. The summed E-state index contributed by atoms with van der Waals surface area (Å²) in [5.41, 5.74) is 0. The van der Waals surface area contributed by atoms with Crippen molar-refractivity contribution in [3.8, 4) is 0 Å². The normalized spacial score (nSPS) is 21.3. The maximum atomic E-state index is 9.83. The fourth-order valence-electron chi connectivity index (χ4n) is 1.13. The Morgan fingerprint density at radius 1 is 1.22 bits per heavy atom. The van der Waals surface area contributed by atoms with Crippen LogP contribution in [0.1, 0.15) is 32.1 Å². The van der Waals surface area contributed by atoms with Gasteiger partial charge in [0.2, 0.25) is 0 Å². The first-order valence-electron chi connectivity index (χ1n) is 3.38. The van der Waals surface area contributed by atoms with Gasteiger partial charge in [0, 0.05) is 0 Å². The van der Waals surface area contributed by atoms with Crippen molar-refractivity contribution in [3.05, 3.63) is 6.10 Å². The van der Waals surface area contributed by atoms with Crippen LogP contribution >= 0.6 is 0 Å². The van der Waals surface area contributed by atoms with Gasteiger partial charge in [0.1, 0.15) is 0 Å². The summed E-state index contributed by atoms with van der Waals surface area (Å²) in [6.07, 6.45) is 6.59. The van der Waals surface area contributed by atoms with Crippen molar-refractivity contribution in [1.82, 2.24) is 0 Å². The lowest BCUT2D eigenvalue weighted by Gasteiger charge is -2.17. The van der Waals surface area contributed by atoms with E-state index in [4.69, 9.17) is 4.74 Å². The van der Waals surface area contributed by atoms with Crippen LogP contribution < -0.4 is 0 Å². The van der Waals surface area contributed by atoms with Crippen LogP contribution in [0.15, 0.2) is 0 Å². The lowest BCUT2D eigenvalue weighted by atomic mass is 9.98. The Kier molecular flexibility index (Phi) is 2.55. The second kappa shape index (κ2) is 3.49. The molecule has 0 amide bonds. The molecular weight excluding hydrogens is 116 g/mol. The van der Waals surface area contributed by atoms with E-state index in [0.29, 0.717) is 6.47 Å². The monoisotopic (exact) mass is 127 g/mol. The van der Waals surface area contributed by atoms with Crippen LogP contribution in [0.4, 0.5) is 0 Å². The van der Waals surface area contributed by atoms with Crippen molar-refractivity contribution in [2.24, 2.45) is 0 Å². The fraction of sp³-hybridized carbons (Fsp3) is 0.714. The van der Waals surface area contributed by atoms with Crippen LogP contribution in [0.25, 0.3) is 0 Å². The van der Waals surface area contributed by atoms with E-state index < -0.39 is 0 Å². The Bertz CT molecular complexity index is 84.9. The van der Waals surface area contributed by atoms with Crippen molar-refractivity contribution < 1.29 is 9.53 Å². The van der Waals surface area contributed by atoms with E-state index in [-0.39, 0.29) is 0 Å². The topological polar surface area (TPSA) is 26.3 Å². The summed E-state index contributed by atoms with van der Waals surface area (Å²) in [6.45, 7) is 0.528. The first-order chi connectivity index (χ1) is 4.43. The zero-order chi connectivity index (χ0) is 6.53. The number of carbonyl (C=O) groups excluding carboxylic acids is 1. The van der Waals surface area contributed by atoms with E-state index in [1.807, 2.05) is 0 Å². The molecule has 0 aromatic heterocycles. The molecule has 1 aliphatic carbocycles. The van der Waals surface area contributed by atoms with Gasteiger partial charge in [-0.25, -0.2) is 0 Å². The predicted octanol–water partition coefficient (Wildman–Crippen LogP) is 1.66. The standard InChI is InChI=1S/C7H11O2/c8-6-9-7-4-2-1-3-5-7/h6H,1-5H2. The molecule has 0 spiro atoms. The van der Waals surface area contributed by atoms with Crippen LogP contribution in [0.3, 0.4) is 0 Å². The maximum Gasteiger partial charge on any atom is 0.293 e. The number of hydrogen-bond donors (Lipinski definition) is 0. The summed E-state index contributed by atoms with van der Waals surface area (Å²) in [5, 5.41) is 0. The number of ether oxygens (including phenoxy) is 1. The molecule has 0 atom stereocenters. The third kappa shape index (κ3) is 2.04. The smallest absolute Gasteiger partial charge is 0.293 e. The van der Waals surface area contributed by atoms with Gasteiger partial charge in [-0.15, -0.1) is 0 Å². The minimum absolute atomic E-state index is 0.528. The molecule has 0 aliphatic heterocycles. The molecule has 0 N–H and O–H groups in total. The van der Waals surface area contributed by atoms with Gasteiger partial charge in [0.25, 0.3) is 6.47 Å². The molecule has 2 nitrogen and oxygen atoms in total. The minimum Gasteiger partial charge on any atom is -0.457 e. The van der Waals surface area contributed by atoms with Crippen LogP contribution in [0.2, 0.25) is 0 Å².